The average molecular weight is 222 g/mol. The second-order valence-electron chi connectivity index (χ2n) is 3.50. The van der Waals surface area contributed by atoms with Crippen molar-refractivity contribution in [1.29, 1.82) is 0 Å². The van der Waals surface area contributed by atoms with Crippen molar-refractivity contribution >= 4 is 12.2 Å². The fraction of sp³-hybridized carbons (Fsp3) is 0.714. The lowest BCUT2D eigenvalue weighted by atomic mass is 10.00. The Bertz CT molecular complexity index is 322. The molecule has 0 unspecified atom stereocenters. The van der Waals surface area contributed by atoms with E-state index < -0.39 is 36.8 Å². The number of fused-ring (bicyclic) bond motifs is 1. The van der Waals surface area contributed by atoms with Crippen LogP contribution in [0.15, 0.2) is 0 Å². The van der Waals surface area contributed by atoms with Gasteiger partial charge in [-0.2, -0.15) is 0 Å². The van der Waals surface area contributed by atoms with Crippen LogP contribution in [0, 0.1) is 0 Å². The van der Waals surface area contributed by atoms with E-state index in [0.29, 0.717) is 4.90 Å². The van der Waals surface area contributed by atoms with E-state index in [1.54, 1.807) is 0 Å². The SMILES string of the molecule is O=C1N[C@H]2CN(C(=O)O)CC(F)(F)[C@H]2O1. The maximum absolute atomic E-state index is 13.3. The third-order valence-electron chi connectivity index (χ3n) is 2.41. The molecule has 0 aromatic carbocycles. The number of likely N-dealkylation sites (tertiary alicyclic amines) is 1. The van der Waals surface area contributed by atoms with Gasteiger partial charge in [0.15, 0.2) is 6.10 Å². The van der Waals surface area contributed by atoms with Crippen LogP contribution >= 0.6 is 0 Å². The zero-order valence-electron chi connectivity index (χ0n) is 7.44. The van der Waals surface area contributed by atoms with Crippen molar-refractivity contribution in [3.63, 3.8) is 0 Å². The first-order valence-corrected chi connectivity index (χ1v) is 4.23. The largest absolute Gasteiger partial charge is 0.465 e. The summed E-state index contributed by atoms with van der Waals surface area (Å²) in [5.41, 5.74) is 0. The zero-order chi connectivity index (χ0) is 11.2. The van der Waals surface area contributed by atoms with Crippen LogP contribution in [-0.4, -0.2) is 53.4 Å². The lowest BCUT2D eigenvalue weighted by Crippen LogP contribution is -2.61. The summed E-state index contributed by atoms with van der Waals surface area (Å²) in [4.78, 5) is 21.9. The van der Waals surface area contributed by atoms with Crippen LogP contribution in [0.4, 0.5) is 18.4 Å². The van der Waals surface area contributed by atoms with Gasteiger partial charge < -0.3 is 15.2 Å². The molecule has 2 fully saturated rings. The van der Waals surface area contributed by atoms with Gasteiger partial charge in [-0.05, 0) is 0 Å². The normalized spacial score (nSPS) is 32.9. The Morgan fingerprint density at radius 3 is 2.93 bits per heavy atom. The van der Waals surface area contributed by atoms with E-state index in [-0.39, 0.29) is 6.54 Å². The molecule has 8 heteroatoms. The first-order valence-electron chi connectivity index (χ1n) is 4.23. The molecule has 2 N–H and O–H groups in total. The summed E-state index contributed by atoms with van der Waals surface area (Å²) in [5, 5.41) is 10.7. The van der Waals surface area contributed by atoms with E-state index in [0.717, 1.165) is 0 Å². The number of piperidine rings is 1. The molecule has 2 amide bonds. The molecule has 2 aliphatic rings. The Morgan fingerprint density at radius 2 is 2.33 bits per heavy atom. The van der Waals surface area contributed by atoms with Gasteiger partial charge in [0.2, 0.25) is 0 Å². The van der Waals surface area contributed by atoms with Crippen molar-refractivity contribution in [2.45, 2.75) is 18.1 Å². The Labute approximate surface area is 82.8 Å². The smallest absolute Gasteiger partial charge is 0.408 e. The van der Waals surface area contributed by atoms with Crippen molar-refractivity contribution < 1.29 is 28.2 Å². The van der Waals surface area contributed by atoms with Crippen LogP contribution < -0.4 is 5.32 Å². The lowest BCUT2D eigenvalue weighted by Gasteiger charge is -2.36. The van der Waals surface area contributed by atoms with E-state index >= 15 is 0 Å². The second-order valence-corrected chi connectivity index (χ2v) is 3.50. The van der Waals surface area contributed by atoms with Crippen molar-refractivity contribution in [1.82, 2.24) is 10.2 Å². The minimum absolute atomic E-state index is 0.179. The molecule has 2 heterocycles. The summed E-state index contributed by atoms with van der Waals surface area (Å²) in [6.07, 6.45) is -3.94. The van der Waals surface area contributed by atoms with Crippen LogP contribution in [0.1, 0.15) is 0 Å². The van der Waals surface area contributed by atoms with E-state index in [9.17, 15) is 18.4 Å². The van der Waals surface area contributed by atoms with Gasteiger partial charge in [0.05, 0.1) is 12.6 Å². The fourth-order valence-corrected chi connectivity index (χ4v) is 1.77. The number of hydrogen-bond acceptors (Lipinski definition) is 3. The monoisotopic (exact) mass is 222 g/mol. The molecule has 6 nitrogen and oxygen atoms in total. The second kappa shape index (κ2) is 2.94. The lowest BCUT2D eigenvalue weighted by molar-refractivity contribution is -0.137. The summed E-state index contributed by atoms with van der Waals surface area (Å²) >= 11 is 0. The summed E-state index contributed by atoms with van der Waals surface area (Å²) in [7, 11) is 0. The molecule has 2 saturated heterocycles. The number of nitrogens with one attached hydrogen (secondary N) is 1. The van der Waals surface area contributed by atoms with Gasteiger partial charge in [-0.3, -0.25) is 4.90 Å². The van der Waals surface area contributed by atoms with Crippen molar-refractivity contribution in [2.24, 2.45) is 0 Å². The number of ether oxygens (including phenoxy) is 1. The Hall–Kier alpha value is -1.60. The Morgan fingerprint density at radius 1 is 1.67 bits per heavy atom. The fourth-order valence-electron chi connectivity index (χ4n) is 1.77. The maximum Gasteiger partial charge on any atom is 0.408 e. The molecule has 0 aromatic heterocycles. The van der Waals surface area contributed by atoms with Crippen molar-refractivity contribution in [3.05, 3.63) is 0 Å². The summed E-state index contributed by atoms with van der Waals surface area (Å²) < 4.78 is 31.0. The molecule has 0 spiro atoms. The van der Waals surface area contributed by atoms with Gasteiger partial charge >= 0.3 is 18.1 Å². The molecular formula is C7H8F2N2O4. The van der Waals surface area contributed by atoms with Crippen molar-refractivity contribution in [2.75, 3.05) is 13.1 Å². The van der Waals surface area contributed by atoms with Gasteiger partial charge in [0.25, 0.3) is 0 Å². The predicted molar refractivity (Wildman–Crippen MR) is 41.7 cm³/mol. The van der Waals surface area contributed by atoms with E-state index in [1.807, 2.05) is 0 Å². The van der Waals surface area contributed by atoms with Crippen LogP contribution in [-0.2, 0) is 4.74 Å². The van der Waals surface area contributed by atoms with Gasteiger partial charge in [-0.15, -0.1) is 0 Å². The third kappa shape index (κ3) is 1.55. The average Bonchev–Trinajstić information content (AvgIpc) is 2.45. The quantitative estimate of drug-likeness (QED) is 0.608. The van der Waals surface area contributed by atoms with E-state index in [1.165, 1.54) is 0 Å². The highest BCUT2D eigenvalue weighted by atomic mass is 19.3. The standard InChI is InChI=1S/C7H8F2N2O4/c8-7(9)2-11(6(13)14)1-3-4(7)15-5(12)10-3/h3-4H,1-2H2,(H,10,12)(H,13,14)/t3-,4-/m0/s1. The predicted octanol–water partition coefficient (Wildman–Crippen LogP) is 0.0923. The van der Waals surface area contributed by atoms with Crippen LogP contribution in [0.25, 0.3) is 0 Å². The number of rotatable bonds is 0. The molecule has 0 saturated carbocycles. The first-order chi connectivity index (χ1) is 6.90. The first kappa shape index (κ1) is 9.94. The molecule has 2 atom stereocenters. The summed E-state index contributed by atoms with van der Waals surface area (Å²) in [5.74, 6) is -3.35. The van der Waals surface area contributed by atoms with E-state index in [4.69, 9.17) is 5.11 Å². The molecule has 0 aliphatic carbocycles. The molecule has 15 heavy (non-hydrogen) atoms. The molecule has 84 valence electrons. The van der Waals surface area contributed by atoms with Crippen molar-refractivity contribution in [3.8, 4) is 0 Å². The molecule has 0 radical (unpaired) electrons. The highest BCUT2D eigenvalue weighted by Crippen LogP contribution is 2.32. The minimum atomic E-state index is -3.35. The zero-order valence-corrected chi connectivity index (χ0v) is 7.44. The number of halogens is 2. The van der Waals surface area contributed by atoms with Gasteiger partial charge in [0.1, 0.15) is 0 Å². The number of carboxylic acid groups (broad SMARTS) is 1. The van der Waals surface area contributed by atoms with Crippen LogP contribution in [0.3, 0.4) is 0 Å². The molecule has 2 rings (SSSR count). The number of hydrogen-bond donors (Lipinski definition) is 2. The number of alkyl carbamates (subject to hydrolysis) is 1. The molecule has 0 aromatic rings. The minimum Gasteiger partial charge on any atom is -0.465 e. The van der Waals surface area contributed by atoms with Crippen LogP contribution in [0.2, 0.25) is 0 Å². The van der Waals surface area contributed by atoms with Crippen LogP contribution in [0.5, 0.6) is 0 Å². The highest BCUT2D eigenvalue weighted by Gasteiger charge is 2.57. The number of carbonyl (C=O) groups is 2. The number of carbonyl (C=O) groups excluding carboxylic acids is 1. The van der Waals surface area contributed by atoms with Gasteiger partial charge in [-0.1, -0.05) is 0 Å². The number of amides is 2. The number of nitrogens with zero attached hydrogens (tertiary/aromatic N) is 1. The number of alkyl halides is 2. The Kier molecular flexibility index (Phi) is 1.95. The topological polar surface area (TPSA) is 78.9 Å². The maximum atomic E-state index is 13.3. The van der Waals surface area contributed by atoms with E-state index in [2.05, 4.69) is 10.1 Å². The molecule has 2 aliphatic heterocycles. The third-order valence-corrected chi connectivity index (χ3v) is 2.41. The highest BCUT2D eigenvalue weighted by molar-refractivity contribution is 5.71. The summed E-state index contributed by atoms with van der Waals surface area (Å²) in [6.45, 7) is -1.13. The Balaban J connectivity index is 2.20. The summed E-state index contributed by atoms with van der Waals surface area (Å²) in [6, 6.07) is -0.975. The molecule has 0 bridgehead atoms. The van der Waals surface area contributed by atoms with Gasteiger partial charge in [0, 0.05) is 6.54 Å². The molecular weight excluding hydrogens is 214 g/mol. The van der Waals surface area contributed by atoms with Gasteiger partial charge in [-0.25, -0.2) is 18.4 Å².